The molecule has 1 saturated heterocycles. The third-order valence-electron chi connectivity index (χ3n) is 3.85. The Morgan fingerprint density at radius 3 is 2.38 bits per heavy atom. The van der Waals surface area contributed by atoms with Crippen molar-refractivity contribution >= 4 is 45.7 Å². The van der Waals surface area contributed by atoms with Crippen molar-refractivity contribution in [2.24, 2.45) is 10.9 Å². The van der Waals surface area contributed by atoms with E-state index in [1.165, 1.54) is 0 Å². The van der Waals surface area contributed by atoms with Gasteiger partial charge in [0.15, 0.2) is 15.8 Å². The molecule has 1 rings (SSSR count). The number of carbonyl (C=O) groups excluding carboxylic acids is 1. The molecule has 9 heteroatoms. The van der Waals surface area contributed by atoms with Crippen LogP contribution in [0.15, 0.2) is 4.99 Å². The second-order valence-electron chi connectivity index (χ2n) is 5.49. The van der Waals surface area contributed by atoms with Crippen LogP contribution < -0.4 is 5.32 Å². The number of rotatable bonds is 7. The monoisotopic (exact) mass is 475 g/mol. The molecule has 0 spiro atoms. The number of nitrogens with one attached hydrogen (secondary N) is 1. The number of esters is 1. The van der Waals surface area contributed by atoms with Gasteiger partial charge in [-0.2, -0.15) is 0 Å². The quantitative estimate of drug-likeness (QED) is 0.258. The van der Waals surface area contributed by atoms with Crippen molar-refractivity contribution in [2.75, 3.05) is 44.3 Å². The lowest BCUT2D eigenvalue weighted by molar-refractivity contribution is -0.149. The van der Waals surface area contributed by atoms with Gasteiger partial charge < -0.3 is 15.0 Å². The van der Waals surface area contributed by atoms with Crippen molar-refractivity contribution in [3.8, 4) is 0 Å². The minimum Gasteiger partial charge on any atom is -0.466 e. The number of aliphatic imine (C=N–C) groups is 1. The Morgan fingerprint density at radius 2 is 1.88 bits per heavy atom. The molecule has 142 valence electrons. The zero-order valence-corrected chi connectivity index (χ0v) is 17.9. The molecule has 0 aromatic heterocycles. The molecule has 0 radical (unpaired) electrons. The minimum atomic E-state index is -3.00. The fourth-order valence-corrected chi connectivity index (χ4v) is 3.11. The number of likely N-dealkylation sites (tertiary alicyclic amines) is 1. The molecule has 1 aliphatic heterocycles. The number of sulfone groups is 1. The van der Waals surface area contributed by atoms with Crippen LogP contribution in [0.5, 0.6) is 0 Å². The van der Waals surface area contributed by atoms with Gasteiger partial charge in [-0.1, -0.05) is 6.92 Å². The average Bonchev–Trinajstić information content (AvgIpc) is 2.54. The molecule has 24 heavy (non-hydrogen) atoms. The number of hydrogen-bond acceptors (Lipinski definition) is 5. The van der Waals surface area contributed by atoms with E-state index in [9.17, 15) is 13.2 Å². The zero-order valence-electron chi connectivity index (χ0n) is 14.8. The smallest absolute Gasteiger partial charge is 0.309 e. The van der Waals surface area contributed by atoms with Crippen molar-refractivity contribution < 1.29 is 17.9 Å². The van der Waals surface area contributed by atoms with E-state index in [1.54, 1.807) is 6.92 Å². The molecule has 0 aromatic carbocycles. The normalized spacial score (nSPS) is 16.5. The highest BCUT2D eigenvalue weighted by Crippen LogP contribution is 2.18. The maximum absolute atomic E-state index is 11.8. The summed E-state index contributed by atoms with van der Waals surface area (Å²) in [6, 6.07) is 0. The Hall–Kier alpha value is -0.580. The first kappa shape index (κ1) is 23.4. The van der Waals surface area contributed by atoms with Gasteiger partial charge in [0.25, 0.3) is 0 Å². The Morgan fingerprint density at radius 1 is 1.25 bits per heavy atom. The molecular weight excluding hydrogens is 445 g/mol. The summed E-state index contributed by atoms with van der Waals surface area (Å²) in [6.45, 7) is 8.26. The zero-order chi connectivity index (χ0) is 17.3. The number of carbonyl (C=O) groups is 1. The molecule has 0 amide bonds. The molecule has 0 bridgehead atoms. The SMILES string of the molecule is CCNC(=NCCS(=O)(=O)CC)N1CCC(C(=O)OCC)CC1.I. The van der Waals surface area contributed by atoms with Gasteiger partial charge in [0.1, 0.15) is 0 Å². The summed E-state index contributed by atoms with van der Waals surface area (Å²) in [5.74, 6) is 0.764. The Bertz CT molecular complexity index is 503. The molecule has 0 aromatic rings. The van der Waals surface area contributed by atoms with E-state index in [0.717, 1.165) is 38.4 Å². The van der Waals surface area contributed by atoms with Crippen molar-refractivity contribution in [3.05, 3.63) is 0 Å². The van der Waals surface area contributed by atoms with E-state index < -0.39 is 9.84 Å². The first-order chi connectivity index (χ1) is 10.9. The van der Waals surface area contributed by atoms with Crippen molar-refractivity contribution in [2.45, 2.75) is 33.6 Å². The van der Waals surface area contributed by atoms with Gasteiger partial charge in [-0.05, 0) is 26.7 Å². The van der Waals surface area contributed by atoms with Crippen molar-refractivity contribution in [3.63, 3.8) is 0 Å². The summed E-state index contributed by atoms with van der Waals surface area (Å²) in [4.78, 5) is 18.3. The second-order valence-corrected chi connectivity index (χ2v) is 7.96. The Kier molecular flexibility index (Phi) is 11.6. The number of hydrogen-bond donors (Lipinski definition) is 1. The van der Waals surface area contributed by atoms with Crippen LogP contribution in [0, 0.1) is 5.92 Å². The maximum atomic E-state index is 11.8. The number of ether oxygens (including phenoxy) is 1. The largest absolute Gasteiger partial charge is 0.466 e. The fraction of sp³-hybridized carbons (Fsp3) is 0.867. The number of halogens is 1. The van der Waals surface area contributed by atoms with Gasteiger partial charge in [0, 0.05) is 25.4 Å². The lowest BCUT2D eigenvalue weighted by Gasteiger charge is -2.33. The third kappa shape index (κ3) is 8.00. The molecule has 1 fully saturated rings. The van der Waals surface area contributed by atoms with Gasteiger partial charge in [0.05, 0.1) is 24.8 Å². The highest BCUT2D eigenvalue weighted by molar-refractivity contribution is 14.0. The minimum absolute atomic E-state index is 0. The standard InChI is InChI=1S/C15H29N3O4S.HI/c1-4-16-15(17-9-12-23(20,21)6-3)18-10-7-13(8-11-18)14(19)22-5-2;/h13H,4-12H2,1-3H3,(H,16,17);1H. The van der Waals surface area contributed by atoms with Gasteiger partial charge >= 0.3 is 5.97 Å². The highest BCUT2D eigenvalue weighted by Gasteiger charge is 2.27. The van der Waals surface area contributed by atoms with E-state index >= 15 is 0 Å². The van der Waals surface area contributed by atoms with Crippen LogP contribution in [0.25, 0.3) is 0 Å². The summed E-state index contributed by atoms with van der Waals surface area (Å²) in [5.41, 5.74) is 0. The molecule has 1 N–H and O–H groups in total. The van der Waals surface area contributed by atoms with Gasteiger partial charge in [-0.3, -0.25) is 9.79 Å². The van der Waals surface area contributed by atoms with Crippen LogP contribution in [-0.4, -0.2) is 69.5 Å². The van der Waals surface area contributed by atoms with Gasteiger partial charge in [-0.15, -0.1) is 24.0 Å². The third-order valence-corrected chi connectivity index (χ3v) is 5.54. The second kappa shape index (κ2) is 11.9. The van der Waals surface area contributed by atoms with Crippen LogP contribution in [0.2, 0.25) is 0 Å². The van der Waals surface area contributed by atoms with Crippen LogP contribution in [0.4, 0.5) is 0 Å². The molecule has 0 unspecified atom stereocenters. The summed E-state index contributed by atoms with van der Waals surface area (Å²) in [6.07, 6.45) is 1.47. The fourth-order valence-electron chi connectivity index (χ4n) is 2.45. The topological polar surface area (TPSA) is 88.1 Å². The molecule has 0 atom stereocenters. The lowest BCUT2D eigenvalue weighted by Crippen LogP contribution is -2.47. The molecule has 0 aliphatic carbocycles. The summed E-state index contributed by atoms with van der Waals surface area (Å²) in [7, 11) is -3.00. The lowest BCUT2D eigenvalue weighted by atomic mass is 9.97. The summed E-state index contributed by atoms with van der Waals surface area (Å²) < 4.78 is 28.1. The van der Waals surface area contributed by atoms with E-state index in [-0.39, 0.29) is 53.9 Å². The van der Waals surface area contributed by atoms with Crippen LogP contribution >= 0.6 is 24.0 Å². The Balaban J connectivity index is 0.00000529. The van der Waals surface area contributed by atoms with Crippen LogP contribution in [0.3, 0.4) is 0 Å². The number of nitrogens with zero attached hydrogens (tertiary/aromatic N) is 2. The Labute approximate surface area is 162 Å². The first-order valence-electron chi connectivity index (χ1n) is 8.33. The van der Waals surface area contributed by atoms with Crippen LogP contribution in [0.1, 0.15) is 33.6 Å². The summed E-state index contributed by atoms with van der Waals surface area (Å²) >= 11 is 0. The predicted molar refractivity (Wildman–Crippen MR) is 107 cm³/mol. The van der Waals surface area contributed by atoms with E-state index in [0.29, 0.717) is 6.61 Å². The van der Waals surface area contributed by atoms with Gasteiger partial charge in [-0.25, -0.2) is 8.42 Å². The van der Waals surface area contributed by atoms with Crippen molar-refractivity contribution in [1.29, 1.82) is 0 Å². The highest BCUT2D eigenvalue weighted by atomic mass is 127. The predicted octanol–water partition coefficient (Wildman–Crippen LogP) is 1.28. The molecule has 1 aliphatic rings. The summed E-state index contributed by atoms with van der Waals surface area (Å²) in [5, 5.41) is 3.19. The number of guanidine groups is 1. The average molecular weight is 475 g/mol. The van der Waals surface area contributed by atoms with E-state index in [2.05, 4.69) is 15.2 Å². The van der Waals surface area contributed by atoms with Crippen molar-refractivity contribution in [1.82, 2.24) is 10.2 Å². The van der Waals surface area contributed by atoms with Crippen LogP contribution in [-0.2, 0) is 19.4 Å². The molecule has 0 saturated carbocycles. The molecule has 1 heterocycles. The van der Waals surface area contributed by atoms with Gasteiger partial charge in [0.2, 0.25) is 0 Å². The molecule has 7 nitrogen and oxygen atoms in total. The maximum Gasteiger partial charge on any atom is 0.309 e. The van der Waals surface area contributed by atoms with E-state index in [4.69, 9.17) is 4.74 Å². The van der Waals surface area contributed by atoms with E-state index in [1.807, 2.05) is 13.8 Å². The number of piperidine rings is 1. The molecular formula is C15H30IN3O4S. The first-order valence-corrected chi connectivity index (χ1v) is 10.2.